The molecule has 1 atom stereocenters. The zero-order valence-electron chi connectivity index (χ0n) is 20.5. The fourth-order valence-corrected chi connectivity index (χ4v) is 4.55. The van der Waals surface area contributed by atoms with Crippen molar-refractivity contribution in [3.63, 3.8) is 0 Å². The van der Waals surface area contributed by atoms with Gasteiger partial charge in [-0.2, -0.15) is 0 Å². The second-order valence-electron chi connectivity index (χ2n) is 9.36. The lowest BCUT2D eigenvalue weighted by molar-refractivity contribution is -0.121. The van der Waals surface area contributed by atoms with Crippen LogP contribution in [0.4, 0.5) is 0 Å². The van der Waals surface area contributed by atoms with Gasteiger partial charge in [0.1, 0.15) is 0 Å². The first kappa shape index (κ1) is 26.2. The number of ketones is 1. The molecule has 0 radical (unpaired) electrons. The molecular formula is C29H42O3. The molecule has 176 valence electrons. The minimum atomic E-state index is -0.839. The first-order chi connectivity index (χ1) is 15.5. The van der Waals surface area contributed by atoms with Crippen LogP contribution in [0.25, 0.3) is 0 Å². The molecule has 1 aliphatic rings. The molecule has 0 aliphatic heterocycles. The van der Waals surface area contributed by atoms with Gasteiger partial charge in [0.15, 0.2) is 6.10 Å². The first-order valence-corrected chi connectivity index (χ1v) is 12.9. The van der Waals surface area contributed by atoms with E-state index in [1.165, 1.54) is 76.2 Å². The summed E-state index contributed by atoms with van der Waals surface area (Å²) < 4.78 is 5.31. The third kappa shape index (κ3) is 9.19. The van der Waals surface area contributed by atoms with E-state index < -0.39 is 12.1 Å². The highest BCUT2D eigenvalue weighted by Gasteiger charge is 2.23. The Kier molecular flexibility index (Phi) is 12.2. The second kappa shape index (κ2) is 14.9. The van der Waals surface area contributed by atoms with Gasteiger partial charge in [-0.15, -0.1) is 0 Å². The fraction of sp³-hybridized carbons (Fsp3) is 0.655. The fourth-order valence-electron chi connectivity index (χ4n) is 4.55. The van der Waals surface area contributed by atoms with Gasteiger partial charge in [-0.1, -0.05) is 76.8 Å². The van der Waals surface area contributed by atoms with Crippen LogP contribution in [0.5, 0.6) is 0 Å². The van der Waals surface area contributed by atoms with Crippen LogP contribution in [0.2, 0.25) is 0 Å². The van der Waals surface area contributed by atoms with Crippen LogP contribution in [0.3, 0.4) is 0 Å². The van der Waals surface area contributed by atoms with Crippen molar-refractivity contribution >= 4 is 11.8 Å². The molecule has 0 heterocycles. The van der Waals surface area contributed by atoms with E-state index in [-0.39, 0.29) is 5.78 Å². The molecular weight excluding hydrogens is 396 g/mol. The predicted octanol–water partition coefficient (Wildman–Crippen LogP) is 7.63. The van der Waals surface area contributed by atoms with Crippen LogP contribution in [0.1, 0.15) is 126 Å². The summed E-state index contributed by atoms with van der Waals surface area (Å²) in [5, 5.41) is 0. The molecule has 1 saturated carbocycles. The molecule has 0 bridgehead atoms. The molecule has 0 saturated heterocycles. The summed E-state index contributed by atoms with van der Waals surface area (Å²) in [6, 6.07) is 7.78. The zero-order valence-corrected chi connectivity index (χ0v) is 20.5. The Hall–Kier alpha value is -2.08. The molecule has 0 amide bonds. The van der Waals surface area contributed by atoms with Crippen LogP contribution in [-0.4, -0.2) is 17.9 Å². The maximum Gasteiger partial charge on any atom is 0.338 e. The van der Waals surface area contributed by atoms with Crippen LogP contribution in [0, 0.1) is 17.8 Å². The molecule has 0 N–H and O–H groups in total. The Labute approximate surface area is 195 Å². The van der Waals surface area contributed by atoms with E-state index in [2.05, 4.69) is 30.9 Å². The number of hydrogen-bond donors (Lipinski definition) is 0. The lowest BCUT2D eigenvalue weighted by atomic mass is 9.77. The summed E-state index contributed by atoms with van der Waals surface area (Å²) in [5.74, 6) is 6.04. The number of benzene rings is 1. The van der Waals surface area contributed by atoms with Crippen LogP contribution in [-0.2, 0) is 9.53 Å². The molecule has 1 unspecified atom stereocenters. The van der Waals surface area contributed by atoms with Gasteiger partial charge in [-0.25, -0.2) is 4.79 Å². The summed E-state index contributed by atoms with van der Waals surface area (Å²) in [6.07, 6.45) is 15.5. The highest BCUT2D eigenvalue weighted by molar-refractivity contribution is 6.01. The highest BCUT2D eigenvalue weighted by Crippen LogP contribution is 2.37. The molecule has 3 nitrogen and oxygen atoms in total. The maximum absolute atomic E-state index is 12.4. The summed E-state index contributed by atoms with van der Waals surface area (Å²) in [6.45, 7) is 5.86. The number of carbonyl (C=O) groups excluding carboxylic acids is 2. The van der Waals surface area contributed by atoms with Crippen molar-refractivity contribution in [2.45, 2.75) is 116 Å². The molecule has 0 spiro atoms. The lowest BCUT2D eigenvalue weighted by Gasteiger charge is -2.29. The van der Waals surface area contributed by atoms with Gasteiger partial charge in [0.05, 0.1) is 5.56 Å². The monoisotopic (exact) mass is 438 g/mol. The van der Waals surface area contributed by atoms with Gasteiger partial charge in [-0.05, 0) is 74.5 Å². The van der Waals surface area contributed by atoms with Crippen molar-refractivity contribution in [1.82, 2.24) is 0 Å². The average Bonchev–Trinajstić information content (AvgIpc) is 2.82. The molecule has 0 aromatic heterocycles. The van der Waals surface area contributed by atoms with Crippen molar-refractivity contribution in [1.29, 1.82) is 0 Å². The summed E-state index contributed by atoms with van der Waals surface area (Å²) in [5.41, 5.74) is 1.81. The topological polar surface area (TPSA) is 43.4 Å². The van der Waals surface area contributed by atoms with E-state index in [0.717, 1.165) is 12.3 Å². The largest absolute Gasteiger partial charge is 0.450 e. The van der Waals surface area contributed by atoms with Gasteiger partial charge in [0.2, 0.25) is 5.78 Å². The first-order valence-electron chi connectivity index (χ1n) is 12.9. The van der Waals surface area contributed by atoms with Gasteiger partial charge in [0.25, 0.3) is 0 Å². The number of hydrogen-bond acceptors (Lipinski definition) is 3. The van der Waals surface area contributed by atoms with E-state index in [0.29, 0.717) is 17.9 Å². The third-order valence-corrected chi connectivity index (χ3v) is 6.67. The molecule has 3 heteroatoms. The predicted molar refractivity (Wildman–Crippen MR) is 132 cm³/mol. The Morgan fingerprint density at radius 3 is 2.25 bits per heavy atom. The quantitative estimate of drug-likeness (QED) is 0.146. The summed E-state index contributed by atoms with van der Waals surface area (Å²) >= 11 is 0. The molecule has 2 rings (SSSR count). The minimum Gasteiger partial charge on any atom is -0.450 e. The Morgan fingerprint density at radius 2 is 1.59 bits per heavy atom. The van der Waals surface area contributed by atoms with E-state index in [4.69, 9.17) is 4.74 Å². The van der Waals surface area contributed by atoms with Crippen LogP contribution in [0.15, 0.2) is 24.3 Å². The zero-order chi connectivity index (χ0) is 23.2. The van der Waals surface area contributed by atoms with E-state index in [1.54, 1.807) is 6.92 Å². The van der Waals surface area contributed by atoms with Crippen molar-refractivity contribution in [2.75, 3.05) is 0 Å². The normalized spacial score (nSPS) is 19.0. The van der Waals surface area contributed by atoms with E-state index in [9.17, 15) is 9.59 Å². The third-order valence-electron chi connectivity index (χ3n) is 6.67. The number of esters is 1. The second-order valence-corrected chi connectivity index (χ2v) is 9.36. The molecule has 1 fully saturated rings. The SMILES string of the molecule is CCCC#CC(=O)C(C)OC(=O)c1ccc(C2CCC(CCCCCCCC)CC2)cc1. The number of rotatable bonds is 12. The van der Waals surface area contributed by atoms with Gasteiger partial charge in [0, 0.05) is 6.42 Å². The molecule has 1 aliphatic carbocycles. The molecule has 32 heavy (non-hydrogen) atoms. The summed E-state index contributed by atoms with van der Waals surface area (Å²) in [4.78, 5) is 24.3. The minimum absolute atomic E-state index is 0.346. The Morgan fingerprint density at radius 1 is 0.938 bits per heavy atom. The van der Waals surface area contributed by atoms with Gasteiger partial charge >= 0.3 is 5.97 Å². The summed E-state index contributed by atoms with van der Waals surface area (Å²) in [7, 11) is 0. The Balaban J connectivity index is 1.74. The maximum atomic E-state index is 12.4. The van der Waals surface area contributed by atoms with Crippen molar-refractivity contribution < 1.29 is 14.3 Å². The van der Waals surface area contributed by atoms with Gasteiger partial charge < -0.3 is 4.74 Å². The van der Waals surface area contributed by atoms with Crippen molar-refractivity contribution in [3.8, 4) is 11.8 Å². The van der Waals surface area contributed by atoms with Crippen molar-refractivity contribution in [3.05, 3.63) is 35.4 Å². The highest BCUT2D eigenvalue weighted by atomic mass is 16.5. The van der Waals surface area contributed by atoms with Crippen molar-refractivity contribution in [2.24, 2.45) is 5.92 Å². The number of ether oxygens (including phenoxy) is 1. The number of Topliss-reactive ketones (excluding diaryl/α,β-unsaturated/α-hetero) is 1. The smallest absolute Gasteiger partial charge is 0.338 e. The standard InChI is InChI=1S/C29H42O3/c1-4-6-8-9-10-12-13-24-15-17-25(18-16-24)26-19-21-27(22-20-26)29(31)32-23(3)28(30)14-11-7-5-2/h19-25H,4-10,12-13,15-18H2,1-3H3. The van der Waals surface area contributed by atoms with Crippen LogP contribution < -0.4 is 0 Å². The molecule has 1 aromatic rings. The lowest BCUT2D eigenvalue weighted by Crippen LogP contribution is -2.23. The van der Waals surface area contributed by atoms with Crippen LogP contribution >= 0.6 is 0 Å². The van der Waals surface area contributed by atoms with Gasteiger partial charge in [-0.3, -0.25) is 4.79 Å². The molecule has 1 aromatic carbocycles. The van der Waals surface area contributed by atoms with E-state index >= 15 is 0 Å². The van der Waals surface area contributed by atoms with E-state index in [1.807, 2.05) is 19.1 Å². The number of unbranched alkanes of at least 4 members (excludes halogenated alkanes) is 6. The number of carbonyl (C=O) groups is 2. The average molecular weight is 439 g/mol. The Bertz CT molecular complexity index is 745.